The lowest BCUT2D eigenvalue weighted by Crippen LogP contribution is -2.42. The molecule has 0 radical (unpaired) electrons. The van der Waals surface area contributed by atoms with E-state index in [0.717, 1.165) is 56.0 Å². The fourth-order valence-electron chi connectivity index (χ4n) is 6.41. The topological polar surface area (TPSA) is 89.4 Å². The summed E-state index contributed by atoms with van der Waals surface area (Å²) in [5.41, 5.74) is 18.4. The molecule has 0 spiro atoms. The van der Waals surface area contributed by atoms with E-state index in [-0.39, 0.29) is 6.04 Å². The third-order valence-electron chi connectivity index (χ3n) is 9.45. The van der Waals surface area contributed by atoms with Crippen LogP contribution in [-0.2, 0) is 0 Å². The van der Waals surface area contributed by atoms with Gasteiger partial charge < -0.3 is 31.1 Å². The number of aryl methyl sites for hydroxylation is 2. The Hall–Kier alpha value is -3.90. The maximum atomic E-state index is 7.44. The predicted molar refractivity (Wildman–Crippen MR) is 197 cm³/mol. The summed E-state index contributed by atoms with van der Waals surface area (Å²) in [6.45, 7) is 18.8. The zero-order valence-corrected chi connectivity index (χ0v) is 28.8. The number of benzene rings is 2. The molecular weight excluding hydrogens is 566 g/mol. The van der Waals surface area contributed by atoms with Crippen molar-refractivity contribution in [2.75, 3.05) is 31.1 Å². The van der Waals surface area contributed by atoms with Crippen molar-refractivity contribution in [2.24, 2.45) is 11.7 Å². The highest BCUT2D eigenvalue weighted by Crippen LogP contribution is 2.43. The number of rotatable bonds is 10. The SMILES string of the molecule is C=C(/C(C)=C/c1ccccc1C)N1CCOc2cc(C(=C3CCC3)N3CCCC(N)C3)cc(C)c21.CCC(C)CC(=N)/C=C\C=N. The first kappa shape index (κ1) is 35.0. The number of likely N-dealkylation sites (tertiary alicyclic amines) is 1. The van der Waals surface area contributed by atoms with Gasteiger partial charge in [-0.05, 0) is 123 Å². The molecule has 5 rings (SSSR count). The zero-order valence-electron chi connectivity index (χ0n) is 28.8. The van der Waals surface area contributed by atoms with Crippen molar-refractivity contribution >= 4 is 29.4 Å². The third-order valence-corrected chi connectivity index (χ3v) is 9.45. The van der Waals surface area contributed by atoms with E-state index in [0.29, 0.717) is 18.2 Å². The highest BCUT2D eigenvalue weighted by Gasteiger charge is 2.29. The largest absolute Gasteiger partial charge is 0.490 e. The number of anilines is 1. The van der Waals surface area contributed by atoms with E-state index in [2.05, 4.69) is 93.5 Å². The first-order chi connectivity index (χ1) is 22.1. The first-order valence-corrected chi connectivity index (χ1v) is 17.1. The summed E-state index contributed by atoms with van der Waals surface area (Å²) in [7, 11) is 0. The van der Waals surface area contributed by atoms with Crippen molar-refractivity contribution in [3.8, 4) is 5.75 Å². The van der Waals surface area contributed by atoms with Crippen LogP contribution in [0.5, 0.6) is 5.75 Å². The van der Waals surface area contributed by atoms with Crippen LogP contribution in [0.25, 0.3) is 11.8 Å². The molecule has 2 atom stereocenters. The molecule has 0 amide bonds. The second kappa shape index (κ2) is 16.6. The lowest BCUT2D eigenvalue weighted by molar-refractivity contribution is 0.291. The lowest BCUT2D eigenvalue weighted by atomic mass is 9.86. The number of nitrogens with one attached hydrogen (secondary N) is 2. The van der Waals surface area contributed by atoms with Gasteiger partial charge in [-0.2, -0.15) is 0 Å². The minimum absolute atomic E-state index is 0.260. The maximum absolute atomic E-state index is 7.44. The molecule has 1 saturated heterocycles. The molecule has 1 aliphatic carbocycles. The number of hydrogen-bond acceptors (Lipinski definition) is 6. The van der Waals surface area contributed by atoms with Crippen molar-refractivity contribution in [1.29, 1.82) is 10.8 Å². The fraction of sp³-hybridized carbons (Fsp3) is 0.450. The molecule has 46 heavy (non-hydrogen) atoms. The van der Waals surface area contributed by atoms with Crippen molar-refractivity contribution < 1.29 is 4.74 Å². The molecule has 2 heterocycles. The molecule has 2 unspecified atom stereocenters. The van der Waals surface area contributed by atoms with Crippen LogP contribution in [-0.4, -0.2) is 49.1 Å². The molecule has 1 saturated carbocycles. The van der Waals surface area contributed by atoms with E-state index in [1.165, 1.54) is 65.4 Å². The monoisotopic (exact) mass is 621 g/mol. The van der Waals surface area contributed by atoms with E-state index < -0.39 is 0 Å². The van der Waals surface area contributed by atoms with Gasteiger partial charge in [0.05, 0.1) is 12.2 Å². The molecule has 246 valence electrons. The minimum atomic E-state index is 0.260. The lowest BCUT2D eigenvalue weighted by Gasteiger charge is -2.39. The van der Waals surface area contributed by atoms with E-state index in [4.69, 9.17) is 21.3 Å². The van der Waals surface area contributed by atoms with E-state index >= 15 is 0 Å². The molecule has 6 heteroatoms. The molecule has 2 aromatic carbocycles. The summed E-state index contributed by atoms with van der Waals surface area (Å²) >= 11 is 0. The van der Waals surface area contributed by atoms with Crippen LogP contribution in [0.4, 0.5) is 5.69 Å². The number of allylic oxidation sites excluding steroid dienone is 4. The molecule has 4 N–H and O–H groups in total. The van der Waals surface area contributed by atoms with Crippen molar-refractivity contribution in [3.63, 3.8) is 0 Å². The first-order valence-electron chi connectivity index (χ1n) is 17.1. The summed E-state index contributed by atoms with van der Waals surface area (Å²) < 4.78 is 6.26. The van der Waals surface area contributed by atoms with Gasteiger partial charge in [0, 0.05) is 48.0 Å². The molecule has 3 aliphatic rings. The molecule has 2 aliphatic heterocycles. The van der Waals surface area contributed by atoms with Crippen LogP contribution in [0.15, 0.2) is 72.0 Å². The molecule has 2 aromatic rings. The second-order valence-corrected chi connectivity index (χ2v) is 13.2. The van der Waals surface area contributed by atoms with Crippen LogP contribution in [0.2, 0.25) is 0 Å². The van der Waals surface area contributed by atoms with Crippen LogP contribution in [0.3, 0.4) is 0 Å². The molecular formula is C40H55N5O. The van der Waals surface area contributed by atoms with Crippen molar-refractivity contribution in [2.45, 2.75) is 85.6 Å². The Morgan fingerprint density at radius 1 is 1.13 bits per heavy atom. The van der Waals surface area contributed by atoms with Crippen LogP contribution >= 0.6 is 0 Å². The average molecular weight is 622 g/mol. The Bertz CT molecular complexity index is 1490. The normalized spacial score (nSPS) is 18.5. The Morgan fingerprint density at radius 2 is 1.89 bits per heavy atom. The Labute approximate surface area is 277 Å². The van der Waals surface area contributed by atoms with Crippen LogP contribution in [0.1, 0.15) is 88.0 Å². The highest BCUT2D eigenvalue weighted by molar-refractivity contribution is 5.95. The van der Waals surface area contributed by atoms with Gasteiger partial charge in [0.1, 0.15) is 12.4 Å². The number of nitrogens with two attached hydrogens (primary N) is 1. The second-order valence-electron chi connectivity index (χ2n) is 13.2. The molecule has 6 nitrogen and oxygen atoms in total. The smallest absolute Gasteiger partial charge is 0.143 e. The van der Waals surface area contributed by atoms with E-state index in [1.807, 2.05) is 0 Å². The summed E-state index contributed by atoms with van der Waals surface area (Å²) in [5, 5.41) is 14.2. The molecule has 2 fully saturated rings. The van der Waals surface area contributed by atoms with Gasteiger partial charge >= 0.3 is 0 Å². The zero-order chi connectivity index (χ0) is 33.2. The summed E-state index contributed by atoms with van der Waals surface area (Å²) in [6, 6.07) is 13.4. The fourth-order valence-corrected chi connectivity index (χ4v) is 6.41. The van der Waals surface area contributed by atoms with Crippen molar-refractivity contribution in [3.05, 3.63) is 94.2 Å². The van der Waals surface area contributed by atoms with Gasteiger partial charge in [-0.1, -0.05) is 51.1 Å². The van der Waals surface area contributed by atoms with E-state index in [9.17, 15) is 0 Å². The maximum Gasteiger partial charge on any atom is 0.143 e. The average Bonchev–Trinajstić information content (AvgIpc) is 3.02. The number of piperidine rings is 1. The van der Waals surface area contributed by atoms with Gasteiger partial charge in [0.25, 0.3) is 0 Å². The van der Waals surface area contributed by atoms with Gasteiger partial charge in [-0.15, -0.1) is 0 Å². The van der Waals surface area contributed by atoms with Crippen LogP contribution < -0.4 is 15.4 Å². The molecule has 0 bridgehead atoms. The number of fused-ring (bicyclic) bond motifs is 1. The van der Waals surface area contributed by atoms with E-state index in [1.54, 1.807) is 17.7 Å². The Kier molecular flexibility index (Phi) is 12.6. The number of ether oxygens (including phenoxy) is 1. The van der Waals surface area contributed by atoms with Gasteiger partial charge in [-0.3, -0.25) is 0 Å². The summed E-state index contributed by atoms with van der Waals surface area (Å²) in [4.78, 5) is 4.88. The van der Waals surface area contributed by atoms with Gasteiger partial charge in [0.15, 0.2) is 0 Å². The van der Waals surface area contributed by atoms with Gasteiger partial charge in [-0.25, -0.2) is 0 Å². The quantitative estimate of drug-likeness (QED) is 0.182. The number of nitrogens with zero attached hydrogens (tertiary/aromatic N) is 2. The molecule has 0 aromatic heterocycles. The standard InChI is InChI=1S/C31H39N3O.C9H16N2/c1-21-9-5-6-10-26(21)17-22(2)24(4)34-15-16-35-29-19-27(18-23(3)30(29)34)31(25-11-7-12-25)33-14-8-13-28(32)20-33;1-3-8(2)7-9(11)5-4-6-10/h5-6,9-10,17-19,28H,4,7-8,11-16,20,32H2,1-3H3;4-6,8,10-11H,3,7H2,1-2H3/b22-17+;5-4-,10-6?,11-9?. The van der Waals surface area contributed by atoms with Gasteiger partial charge in [0.2, 0.25) is 0 Å². The third kappa shape index (κ3) is 8.88. The Balaban J connectivity index is 0.000000375. The predicted octanol–water partition coefficient (Wildman–Crippen LogP) is 9.09. The summed E-state index contributed by atoms with van der Waals surface area (Å²) in [5.74, 6) is 1.55. The summed E-state index contributed by atoms with van der Waals surface area (Å²) in [6.07, 6.45) is 14.6. The van der Waals surface area contributed by atoms with Crippen molar-refractivity contribution in [1.82, 2.24) is 4.90 Å². The highest BCUT2D eigenvalue weighted by atomic mass is 16.5. The van der Waals surface area contributed by atoms with Crippen LogP contribution in [0, 0.1) is 30.6 Å². The Morgan fingerprint density at radius 3 is 2.54 bits per heavy atom. The minimum Gasteiger partial charge on any atom is -0.490 e. The number of hydrogen-bond donors (Lipinski definition) is 3.